The molecule has 154 valence electrons. The van der Waals surface area contributed by atoms with E-state index < -0.39 is 6.61 Å². The molecule has 0 aliphatic heterocycles. The van der Waals surface area contributed by atoms with Gasteiger partial charge in [-0.15, -0.1) is 0 Å². The lowest BCUT2D eigenvalue weighted by Gasteiger charge is -2.14. The van der Waals surface area contributed by atoms with E-state index in [9.17, 15) is 8.78 Å². The van der Waals surface area contributed by atoms with Crippen molar-refractivity contribution in [2.45, 2.75) is 31.9 Å². The van der Waals surface area contributed by atoms with Crippen molar-refractivity contribution < 1.29 is 22.1 Å². The van der Waals surface area contributed by atoms with Crippen molar-refractivity contribution in [3.8, 4) is 17.1 Å². The van der Waals surface area contributed by atoms with Crippen LogP contribution in [0.5, 0.6) is 5.75 Å². The summed E-state index contributed by atoms with van der Waals surface area (Å²) in [7, 11) is 0. The lowest BCUT2D eigenvalue weighted by atomic mass is 10.1. The monoisotopic (exact) mass is 421 g/mol. The van der Waals surface area contributed by atoms with Crippen LogP contribution in [0.2, 0.25) is 0 Å². The molecular formula is C20H21F2N3O3S. The molecule has 0 amide bonds. The fourth-order valence-electron chi connectivity index (χ4n) is 3.73. The van der Waals surface area contributed by atoms with Gasteiger partial charge in [0.1, 0.15) is 17.0 Å². The van der Waals surface area contributed by atoms with Crippen molar-refractivity contribution in [3.63, 3.8) is 0 Å². The highest BCUT2D eigenvalue weighted by Crippen LogP contribution is 2.35. The number of hydrogen-bond donors (Lipinski definition) is 2. The van der Waals surface area contributed by atoms with E-state index in [1.54, 1.807) is 24.4 Å². The molecule has 0 saturated heterocycles. The summed E-state index contributed by atoms with van der Waals surface area (Å²) in [4.78, 5) is 4.37. The molecule has 0 radical (unpaired) electrons. The van der Waals surface area contributed by atoms with E-state index in [-0.39, 0.29) is 5.75 Å². The fourth-order valence-corrected chi connectivity index (χ4v) is 4.00. The van der Waals surface area contributed by atoms with Crippen molar-refractivity contribution >= 4 is 29.0 Å². The van der Waals surface area contributed by atoms with Gasteiger partial charge in [-0.2, -0.15) is 8.78 Å². The SMILES string of the molecule is NSOC[C@@H]1CC[C@H](Nc2ccnc3cc(-c4cccc(OC(F)F)c4)oc23)C1. The van der Waals surface area contributed by atoms with Crippen LogP contribution in [-0.4, -0.2) is 24.2 Å². The molecule has 1 aliphatic rings. The molecule has 1 saturated carbocycles. The molecule has 2 atom stereocenters. The van der Waals surface area contributed by atoms with E-state index in [2.05, 4.69) is 15.0 Å². The molecule has 29 heavy (non-hydrogen) atoms. The highest BCUT2D eigenvalue weighted by atomic mass is 32.2. The molecule has 9 heteroatoms. The molecule has 3 aromatic rings. The second-order valence-corrected chi connectivity index (χ2v) is 7.42. The number of anilines is 1. The van der Waals surface area contributed by atoms with Gasteiger partial charge in [0.25, 0.3) is 0 Å². The fraction of sp³-hybridized carbons (Fsp3) is 0.350. The number of pyridine rings is 1. The molecule has 0 unspecified atom stereocenters. The Bertz CT molecular complexity index is 969. The second kappa shape index (κ2) is 8.98. The number of nitrogens with two attached hydrogens (primary N) is 1. The highest BCUT2D eigenvalue weighted by molar-refractivity contribution is 7.92. The van der Waals surface area contributed by atoms with E-state index in [0.29, 0.717) is 41.0 Å². The maximum absolute atomic E-state index is 12.5. The minimum atomic E-state index is -2.87. The lowest BCUT2D eigenvalue weighted by molar-refractivity contribution is -0.0498. The van der Waals surface area contributed by atoms with Crippen molar-refractivity contribution in [1.82, 2.24) is 4.98 Å². The van der Waals surface area contributed by atoms with E-state index in [1.807, 2.05) is 6.07 Å². The number of halogens is 2. The largest absolute Gasteiger partial charge is 0.452 e. The summed E-state index contributed by atoms with van der Waals surface area (Å²) in [6.07, 6.45) is 4.83. The van der Waals surface area contributed by atoms with Crippen LogP contribution in [0.4, 0.5) is 14.5 Å². The predicted octanol–water partition coefficient (Wildman–Crippen LogP) is 5.22. The standard InChI is InChI=1S/C20H21F2N3O3S/c21-20(22)27-15-3-1-2-13(9-15)18-10-17-19(28-18)16(6-7-24-17)25-14-5-4-12(8-14)11-26-29-23/h1-3,6-7,9-10,12,14,20H,4-5,8,11,23H2,(H,24,25)/t12-,14+/m1/s1. The summed E-state index contributed by atoms with van der Waals surface area (Å²) in [5.41, 5.74) is 2.84. The van der Waals surface area contributed by atoms with Crippen LogP contribution in [0.1, 0.15) is 19.3 Å². The number of nitrogens with zero attached hydrogens (tertiary/aromatic N) is 1. The number of fused-ring (bicyclic) bond motifs is 1. The molecule has 6 nitrogen and oxygen atoms in total. The Morgan fingerprint density at radius 1 is 1.28 bits per heavy atom. The topological polar surface area (TPSA) is 82.5 Å². The van der Waals surface area contributed by atoms with Gasteiger partial charge in [-0.1, -0.05) is 12.1 Å². The van der Waals surface area contributed by atoms with Gasteiger partial charge in [0.2, 0.25) is 0 Å². The maximum Gasteiger partial charge on any atom is 0.387 e. The average molecular weight is 421 g/mol. The van der Waals surface area contributed by atoms with Gasteiger partial charge in [-0.25, -0.2) is 0 Å². The Balaban J connectivity index is 1.53. The normalized spacial score (nSPS) is 19.2. The minimum Gasteiger partial charge on any atom is -0.452 e. The highest BCUT2D eigenvalue weighted by Gasteiger charge is 2.25. The third kappa shape index (κ3) is 4.80. The number of rotatable bonds is 8. The molecule has 2 aromatic heterocycles. The number of hydrogen-bond acceptors (Lipinski definition) is 7. The summed E-state index contributed by atoms with van der Waals surface area (Å²) in [5.74, 6) is 1.10. The maximum atomic E-state index is 12.5. The first-order valence-corrected chi connectivity index (χ1v) is 10.1. The summed E-state index contributed by atoms with van der Waals surface area (Å²) in [6.45, 7) is -2.23. The summed E-state index contributed by atoms with van der Waals surface area (Å²) in [5, 5.41) is 8.87. The quantitative estimate of drug-likeness (QED) is 0.381. The zero-order valence-corrected chi connectivity index (χ0v) is 16.3. The van der Waals surface area contributed by atoms with Gasteiger partial charge in [0, 0.05) is 23.9 Å². The first-order chi connectivity index (χ1) is 14.1. The first kappa shape index (κ1) is 19.9. The molecule has 0 spiro atoms. The van der Waals surface area contributed by atoms with Crippen molar-refractivity contribution in [1.29, 1.82) is 0 Å². The van der Waals surface area contributed by atoms with Crippen LogP contribution in [-0.2, 0) is 4.18 Å². The predicted molar refractivity (Wildman–Crippen MR) is 109 cm³/mol. The third-order valence-corrected chi connectivity index (χ3v) is 5.30. The summed E-state index contributed by atoms with van der Waals surface area (Å²) >= 11 is 0.906. The number of benzene rings is 1. The summed E-state index contributed by atoms with van der Waals surface area (Å²) in [6, 6.07) is 10.4. The van der Waals surface area contributed by atoms with Crippen LogP contribution < -0.4 is 15.2 Å². The van der Waals surface area contributed by atoms with Gasteiger partial charge in [-0.05, 0) is 43.4 Å². The van der Waals surface area contributed by atoms with E-state index in [0.717, 1.165) is 37.2 Å². The zero-order chi connectivity index (χ0) is 20.2. The second-order valence-electron chi connectivity index (χ2n) is 6.99. The third-order valence-electron chi connectivity index (χ3n) is 5.03. The van der Waals surface area contributed by atoms with Crippen molar-refractivity contribution in [2.24, 2.45) is 11.1 Å². The van der Waals surface area contributed by atoms with Gasteiger partial charge < -0.3 is 18.7 Å². The van der Waals surface area contributed by atoms with Crippen molar-refractivity contribution in [2.75, 3.05) is 11.9 Å². The molecule has 1 aliphatic carbocycles. The Morgan fingerprint density at radius 2 is 2.17 bits per heavy atom. The van der Waals surface area contributed by atoms with Gasteiger partial charge >= 0.3 is 6.61 Å². The molecule has 1 aromatic carbocycles. The number of nitrogens with one attached hydrogen (secondary N) is 1. The van der Waals surface area contributed by atoms with E-state index in [1.165, 1.54) is 12.1 Å². The molecule has 4 rings (SSSR count). The number of furan rings is 1. The number of alkyl halides is 2. The van der Waals surface area contributed by atoms with Gasteiger partial charge in [0.15, 0.2) is 5.58 Å². The lowest BCUT2D eigenvalue weighted by Crippen LogP contribution is -2.16. The zero-order valence-electron chi connectivity index (χ0n) is 15.5. The Labute approximate surface area is 171 Å². The summed E-state index contributed by atoms with van der Waals surface area (Å²) < 4.78 is 40.7. The van der Waals surface area contributed by atoms with Crippen LogP contribution in [0.25, 0.3) is 22.4 Å². The van der Waals surface area contributed by atoms with E-state index >= 15 is 0 Å². The average Bonchev–Trinajstić information content (AvgIpc) is 3.33. The van der Waals surface area contributed by atoms with Gasteiger partial charge in [0.05, 0.1) is 24.5 Å². The molecule has 2 heterocycles. The van der Waals surface area contributed by atoms with Crippen LogP contribution in [0.15, 0.2) is 47.0 Å². The molecule has 0 bridgehead atoms. The molecular weight excluding hydrogens is 400 g/mol. The Kier molecular flexibility index (Phi) is 6.17. The number of aromatic nitrogens is 1. The Morgan fingerprint density at radius 3 is 3.00 bits per heavy atom. The molecule has 1 fully saturated rings. The van der Waals surface area contributed by atoms with Crippen molar-refractivity contribution in [3.05, 3.63) is 42.6 Å². The minimum absolute atomic E-state index is 0.0825. The van der Waals surface area contributed by atoms with Gasteiger partial charge in [-0.3, -0.25) is 10.1 Å². The first-order valence-electron chi connectivity index (χ1n) is 9.31. The Hall–Kier alpha value is -2.36. The van der Waals surface area contributed by atoms with Crippen LogP contribution in [0, 0.1) is 5.92 Å². The van der Waals surface area contributed by atoms with Crippen LogP contribution in [0.3, 0.4) is 0 Å². The molecule has 3 N–H and O–H groups in total. The van der Waals surface area contributed by atoms with E-state index in [4.69, 9.17) is 13.7 Å². The number of ether oxygens (including phenoxy) is 1. The van der Waals surface area contributed by atoms with Crippen LogP contribution >= 0.6 is 12.2 Å². The smallest absolute Gasteiger partial charge is 0.387 e.